The summed E-state index contributed by atoms with van der Waals surface area (Å²) in [6.45, 7) is 0. The molecule has 0 aromatic heterocycles. The lowest BCUT2D eigenvalue weighted by atomic mass is 10.2. The number of thioether (sulfide) groups is 1. The van der Waals surface area contributed by atoms with Gasteiger partial charge in [-0.1, -0.05) is 6.07 Å². The van der Waals surface area contributed by atoms with E-state index in [1.807, 2.05) is 49.5 Å². The molecule has 1 rings (SSSR count). The van der Waals surface area contributed by atoms with Crippen LogP contribution in [-0.2, 0) is 4.79 Å². The molecule has 18 heavy (non-hydrogen) atoms. The molecule has 5 heteroatoms. The topological polar surface area (TPSA) is 58.4 Å². The molecule has 0 radical (unpaired) electrons. The quantitative estimate of drug-likeness (QED) is 0.825. The minimum atomic E-state index is -0.444. The molecule has 0 aliphatic carbocycles. The van der Waals surface area contributed by atoms with Crippen LogP contribution in [-0.4, -0.2) is 38.1 Å². The third kappa shape index (κ3) is 4.58. The zero-order chi connectivity index (χ0) is 13.5. The van der Waals surface area contributed by atoms with Crippen LogP contribution in [0.4, 0.5) is 11.4 Å². The molecule has 0 aliphatic rings. The van der Waals surface area contributed by atoms with Crippen molar-refractivity contribution in [3.05, 3.63) is 24.3 Å². The monoisotopic (exact) mass is 267 g/mol. The smallest absolute Gasteiger partial charge is 0.241 e. The standard InChI is InChI=1S/C13H21N3OS/c1-16(2)11-6-4-5-10(9-11)15-13(17)12(14)7-8-18-3/h4-6,9,12H,7-8,14H2,1-3H3,(H,15,17)/t12-/m1/s1. The SMILES string of the molecule is CSCC[C@@H](N)C(=O)Nc1cccc(N(C)C)c1. The van der Waals surface area contributed by atoms with Gasteiger partial charge in [0.1, 0.15) is 0 Å². The lowest BCUT2D eigenvalue weighted by Crippen LogP contribution is -2.36. The summed E-state index contributed by atoms with van der Waals surface area (Å²) < 4.78 is 0. The number of carbonyl (C=O) groups is 1. The van der Waals surface area contributed by atoms with Gasteiger partial charge in [0.2, 0.25) is 5.91 Å². The van der Waals surface area contributed by atoms with Crippen LogP contribution in [0.3, 0.4) is 0 Å². The van der Waals surface area contributed by atoms with E-state index < -0.39 is 6.04 Å². The Labute approximate surface area is 113 Å². The summed E-state index contributed by atoms with van der Waals surface area (Å²) in [5.74, 6) is 0.770. The number of hydrogen-bond donors (Lipinski definition) is 2. The largest absolute Gasteiger partial charge is 0.378 e. The van der Waals surface area contributed by atoms with Gasteiger partial charge in [0, 0.05) is 25.5 Å². The lowest BCUT2D eigenvalue weighted by Gasteiger charge is -2.15. The Morgan fingerprint density at radius 3 is 2.83 bits per heavy atom. The van der Waals surface area contributed by atoms with Crippen molar-refractivity contribution < 1.29 is 4.79 Å². The molecule has 100 valence electrons. The van der Waals surface area contributed by atoms with E-state index in [0.29, 0.717) is 6.42 Å². The highest BCUT2D eigenvalue weighted by Gasteiger charge is 2.13. The Bertz CT molecular complexity index is 396. The van der Waals surface area contributed by atoms with E-state index in [4.69, 9.17) is 5.73 Å². The van der Waals surface area contributed by atoms with E-state index in [2.05, 4.69) is 5.32 Å². The first-order chi connectivity index (χ1) is 8.54. The van der Waals surface area contributed by atoms with Gasteiger partial charge in [0.25, 0.3) is 0 Å². The summed E-state index contributed by atoms with van der Waals surface area (Å²) in [6, 6.07) is 7.26. The van der Waals surface area contributed by atoms with Gasteiger partial charge in [0.15, 0.2) is 0 Å². The molecule has 1 atom stereocenters. The van der Waals surface area contributed by atoms with E-state index in [-0.39, 0.29) is 5.91 Å². The zero-order valence-corrected chi connectivity index (χ0v) is 12.0. The highest BCUT2D eigenvalue weighted by molar-refractivity contribution is 7.98. The Morgan fingerprint density at radius 2 is 2.22 bits per heavy atom. The second-order valence-electron chi connectivity index (χ2n) is 4.32. The van der Waals surface area contributed by atoms with Crippen LogP contribution in [0.5, 0.6) is 0 Å². The summed E-state index contributed by atoms with van der Waals surface area (Å²) in [5.41, 5.74) is 7.64. The van der Waals surface area contributed by atoms with Crippen molar-refractivity contribution in [2.45, 2.75) is 12.5 Å². The number of hydrogen-bond acceptors (Lipinski definition) is 4. The van der Waals surface area contributed by atoms with Crippen molar-refractivity contribution in [2.75, 3.05) is 36.3 Å². The molecule has 0 bridgehead atoms. The maximum Gasteiger partial charge on any atom is 0.241 e. The molecule has 3 N–H and O–H groups in total. The van der Waals surface area contributed by atoms with Crippen molar-refractivity contribution in [2.24, 2.45) is 5.73 Å². The first kappa shape index (κ1) is 14.9. The van der Waals surface area contributed by atoms with Crippen molar-refractivity contribution in [1.82, 2.24) is 0 Å². The fourth-order valence-corrected chi connectivity index (χ4v) is 1.96. The van der Waals surface area contributed by atoms with E-state index in [1.165, 1.54) is 0 Å². The second kappa shape index (κ2) is 7.28. The number of nitrogens with one attached hydrogen (secondary N) is 1. The zero-order valence-electron chi connectivity index (χ0n) is 11.1. The lowest BCUT2D eigenvalue weighted by molar-refractivity contribution is -0.117. The predicted molar refractivity (Wildman–Crippen MR) is 80.4 cm³/mol. The number of nitrogens with zero attached hydrogens (tertiary/aromatic N) is 1. The number of amides is 1. The number of benzene rings is 1. The van der Waals surface area contributed by atoms with Gasteiger partial charge in [0.05, 0.1) is 6.04 Å². The van der Waals surface area contributed by atoms with E-state index in [0.717, 1.165) is 17.1 Å². The normalized spacial score (nSPS) is 12.0. The number of rotatable bonds is 6. The maximum atomic E-state index is 11.8. The average molecular weight is 267 g/mol. The molecule has 1 amide bonds. The number of anilines is 2. The Kier molecular flexibility index (Phi) is 6.01. The first-order valence-corrected chi connectivity index (χ1v) is 7.26. The van der Waals surface area contributed by atoms with Gasteiger partial charge in [-0.25, -0.2) is 0 Å². The Balaban J connectivity index is 2.61. The van der Waals surface area contributed by atoms with Gasteiger partial charge < -0.3 is 16.0 Å². The molecule has 0 unspecified atom stereocenters. The second-order valence-corrected chi connectivity index (χ2v) is 5.31. The number of carbonyl (C=O) groups excluding carboxylic acids is 1. The van der Waals surface area contributed by atoms with Gasteiger partial charge in [-0.15, -0.1) is 0 Å². The highest BCUT2D eigenvalue weighted by Crippen LogP contribution is 2.17. The van der Waals surface area contributed by atoms with Crippen LogP contribution >= 0.6 is 11.8 Å². The molecule has 0 fully saturated rings. The minimum absolute atomic E-state index is 0.125. The van der Waals surface area contributed by atoms with Crippen molar-refractivity contribution in [3.63, 3.8) is 0 Å². The summed E-state index contributed by atoms with van der Waals surface area (Å²) in [6.07, 6.45) is 2.70. The molecule has 0 saturated heterocycles. The molecular formula is C13H21N3OS. The van der Waals surface area contributed by atoms with E-state index in [1.54, 1.807) is 11.8 Å². The van der Waals surface area contributed by atoms with Crippen LogP contribution in [0.1, 0.15) is 6.42 Å². The van der Waals surface area contributed by atoms with Crippen LogP contribution in [0.15, 0.2) is 24.3 Å². The Hall–Kier alpha value is -1.20. The highest BCUT2D eigenvalue weighted by atomic mass is 32.2. The van der Waals surface area contributed by atoms with Crippen LogP contribution in [0.25, 0.3) is 0 Å². The molecule has 0 aliphatic heterocycles. The Morgan fingerprint density at radius 1 is 1.50 bits per heavy atom. The predicted octanol–water partition coefficient (Wildman–Crippen LogP) is 1.77. The third-order valence-corrected chi connectivity index (χ3v) is 3.24. The molecule has 1 aromatic carbocycles. The van der Waals surface area contributed by atoms with E-state index >= 15 is 0 Å². The molecule has 0 heterocycles. The van der Waals surface area contributed by atoms with Gasteiger partial charge in [-0.05, 0) is 36.6 Å². The van der Waals surface area contributed by atoms with Gasteiger partial charge in [-0.3, -0.25) is 4.79 Å². The fourth-order valence-electron chi connectivity index (χ4n) is 1.47. The number of nitrogens with two attached hydrogens (primary N) is 1. The summed E-state index contributed by atoms with van der Waals surface area (Å²) in [7, 11) is 3.93. The molecule has 0 saturated carbocycles. The van der Waals surface area contributed by atoms with Gasteiger partial charge >= 0.3 is 0 Å². The van der Waals surface area contributed by atoms with Gasteiger partial charge in [-0.2, -0.15) is 11.8 Å². The maximum absolute atomic E-state index is 11.8. The van der Waals surface area contributed by atoms with Crippen molar-refractivity contribution >= 4 is 29.0 Å². The molecular weight excluding hydrogens is 246 g/mol. The van der Waals surface area contributed by atoms with Crippen LogP contribution in [0.2, 0.25) is 0 Å². The fraction of sp³-hybridized carbons (Fsp3) is 0.462. The molecule has 0 spiro atoms. The van der Waals surface area contributed by atoms with E-state index in [9.17, 15) is 4.79 Å². The third-order valence-electron chi connectivity index (χ3n) is 2.60. The average Bonchev–Trinajstić information content (AvgIpc) is 2.36. The summed E-state index contributed by atoms with van der Waals surface area (Å²) in [4.78, 5) is 13.8. The summed E-state index contributed by atoms with van der Waals surface area (Å²) in [5, 5.41) is 2.85. The van der Waals surface area contributed by atoms with Crippen LogP contribution in [0, 0.1) is 0 Å². The van der Waals surface area contributed by atoms with Crippen molar-refractivity contribution in [1.29, 1.82) is 0 Å². The van der Waals surface area contributed by atoms with Crippen LogP contribution < -0.4 is 16.0 Å². The minimum Gasteiger partial charge on any atom is -0.378 e. The first-order valence-electron chi connectivity index (χ1n) is 5.87. The van der Waals surface area contributed by atoms with Crippen molar-refractivity contribution in [3.8, 4) is 0 Å². The summed E-state index contributed by atoms with van der Waals surface area (Å²) >= 11 is 1.69. The molecule has 4 nitrogen and oxygen atoms in total. The molecule has 1 aromatic rings.